The summed E-state index contributed by atoms with van der Waals surface area (Å²) in [5.41, 5.74) is 4.97. The van der Waals surface area contributed by atoms with Gasteiger partial charge in [-0.25, -0.2) is 0 Å². The van der Waals surface area contributed by atoms with E-state index in [4.69, 9.17) is 4.74 Å². The minimum atomic E-state index is -0.606. The molecule has 1 saturated heterocycles. The maximum Gasteiger partial charge on any atom is 0.280 e. The molecule has 8 nitrogen and oxygen atoms in total. The average Bonchev–Trinajstić information content (AvgIpc) is 2.80. The highest BCUT2D eigenvalue weighted by molar-refractivity contribution is 5.89. The number of quaternary nitrogens is 1. The third-order valence-electron chi connectivity index (χ3n) is 6.16. The number of hydrogen-bond acceptors (Lipinski definition) is 4. The lowest BCUT2D eigenvalue weighted by molar-refractivity contribution is -0.408. The van der Waals surface area contributed by atoms with Crippen LogP contribution in [-0.4, -0.2) is 54.9 Å². The van der Waals surface area contributed by atoms with Gasteiger partial charge >= 0.3 is 0 Å². The predicted octanol–water partition coefficient (Wildman–Crippen LogP) is -1.65. The lowest BCUT2D eigenvalue weighted by Gasteiger charge is -2.33. The number of piperidine rings is 1. The molecule has 34 heavy (non-hydrogen) atoms. The highest BCUT2D eigenvalue weighted by Gasteiger charge is 2.33. The standard InChI is InChI=1S/C25H40N4O4.ClH/c1-16(2)14-21(26)25(32)29-12-10-19(11-13-29)23(30)28-22(17(3)4)24(31)27-15-18-6-8-20(33-5)9-7-18;/h6-9,16-17,19,21-22H,10-15,26H2,1-5H3,(H,27,31)(H,28,30);1H/t21-,22-;/m0./s1. The third-order valence-corrected chi connectivity index (χ3v) is 6.16. The van der Waals surface area contributed by atoms with Crippen LogP contribution >= 0.6 is 0 Å². The van der Waals surface area contributed by atoms with E-state index in [0.29, 0.717) is 38.4 Å². The van der Waals surface area contributed by atoms with E-state index in [-0.39, 0.29) is 48.0 Å². The van der Waals surface area contributed by atoms with Gasteiger partial charge in [0.15, 0.2) is 6.04 Å². The molecule has 2 atom stereocenters. The number of carbonyl (C=O) groups excluding carboxylic acids is 3. The number of nitrogens with one attached hydrogen (secondary N) is 2. The summed E-state index contributed by atoms with van der Waals surface area (Å²) in [6.45, 7) is 9.49. The van der Waals surface area contributed by atoms with Crippen molar-refractivity contribution in [2.24, 2.45) is 17.8 Å². The number of halogens is 1. The molecule has 3 amide bonds. The SMILES string of the molecule is COc1ccc(CNC(=O)[C@@H](NC(=O)C2CCN(C(=O)[C@@H]([NH3+])CC(C)C)CC2)C(C)C)cc1.[Cl-]. The molecule has 1 aromatic rings. The Balaban J connectivity index is 0.00000578. The van der Waals surface area contributed by atoms with Crippen LogP contribution in [-0.2, 0) is 20.9 Å². The van der Waals surface area contributed by atoms with Gasteiger partial charge in [0.05, 0.1) is 7.11 Å². The largest absolute Gasteiger partial charge is 1.00 e. The van der Waals surface area contributed by atoms with Gasteiger partial charge in [-0.15, -0.1) is 0 Å². The van der Waals surface area contributed by atoms with Gasteiger partial charge in [-0.1, -0.05) is 39.8 Å². The first-order valence-electron chi connectivity index (χ1n) is 11.9. The number of ether oxygens (including phenoxy) is 1. The van der Waals surface area contributed by atoms with Crippen LogP contribution in [0.5, 0.6) is 5.75 Å². The molecule has 1 aliphatic heterocycles. The normalized spacial score (nSPS) is 15.9. The number of rotatable bonds is 10. The van der Waals surface area contributed by atoms with Crippen molar-refractivity contribution in [2.75, 3.05) is 20.2 Å². The number of carbonyl (C=O) groups is 3. The number of likely N-dealkylation sites (tertiary alicyclic amines) is 1. The first-order chi connectivity index (χ1) is 15.6. The zero-order valence-electron chi connectivity index (χ0n) is 21.1. The van der Waals surface area contributed by atoms with Crippen LogP contribution in [0.3, 0.4) is 0 Å². The van der Waals surface area contributed by atoms with Gasteiger partial charge in [-0.2, -0.15) is 0 Å². The number of hydrogen-bond donors (Lipinski definition) is 3. The third kappa shape index (κ3) is 8.80. The van der Waals surface area contributed by atoms with Gasteiger partial charge in [0.1, 0.15) is 11.8 Å². The molecule has 0 aromatic heterocycles. The van der Waals surface area contributed by atoms with Crippen LogP contribution in [0.4, 0.5) is 0 Å². The molecule has 1 aliphatic rings. The van der Waals surface area contributed by atoms with Crippen LogP contribution in [0.1, 0.15) is 52.5 Å². The topological polar surface area (TPSA) is 115 Å². The average molecular weight is 497 g/mol. The van der Waals surface area contributed by atoms with Crippen molar-refractivity contribution >= 4 is 17.7 Å². The Morgan fingerprint density at radius 2 is 1.68 bits per heavy atom. The van der Waals surface area contributed by atoms with Gasteiger partial charge in [-0.05, 0) is 42.4 Å². The summed E-state index contributed by atoms with van der Waals surface area (Å²) in [5, 5.41) is 5.87. The molecule has 0 spiro atoms. The van der Waals surface area contributed by atoms with Crippen molar-refractivity contribution in [2.45, 2.75) is 65.6 Å². The van der Waals surface area contributed by atoms with Crippen molar-refractivity contribution in [3.05, 3.63) is 29.8 Å². The summed E-state index contributed by atoms with van der Waals surface area (Å²) in [7, 11) is 1.61. The second-order valence-corrected chi connectivity index (χ2v) is 9.72. The fraction of sp³-hybridized carbons (Fsp3) is 0.640. The number of benzene rings is 1. The number of nitrogens with zero attached hydrogens (tertiary/aromatic N) is 1. The van der Waals surface area contributed by atoms with Gasteiger partial charge < -0.3 is 38.4 Å². The van der Waals surface area contributed by atoms with E-state index in [1.54, 1.807) is 7.11 Å². The lowest BCUT2D eigenvalue weighted by Crippen LogP contribution is -3.00. The van der Waals surface area contributed by atoms with E-state index in [9.17, 15) is 14.4 Å². The summed E-state index contributed by atoms with van der Waals surface area (Å²) < 4.78 is 5.15. The number of methoxy groups -OCH3 is 1. The monoisotopic (exact) mass is 496 g/mol. The molecule has 0 saturated carbocycles. The second kappa shape index (κ2) is 14.2. The van der Waals surface area contributed by atoms with Crippen LogP contribution < -0.4 is 33.5 Å². The van der Waals surface area contributed by atoms with Crippen molar-refractivity contribution in [1.82, 2.24) is 15.5 Å². The van der Waals surface area contributed by atoms with Crippen molar-refractivity contribution in [3.63, 3.8) is 0 Å². The van der Waals surface area contributed by atoms with E-state index in [1.807, 2.05) is 43.0 Å². The van der Waals surface area contributed by atoms with E-state index < -0.39 is 6.04 Å². The van der Waals surface area contributed by atoms with Crippen molar-refractivity contribution in [3.8, 4) is 5.75 Å². The molecule has 9 heteroatoms. The highest BCUT2D eigenvalue weighted by Crippen LogP contribution is 2.19. The fourth-order valence-electron chi connectivity index (χ4n) is 4.14. The van der Waals surface area contributed by atoms with E-state index >= 15 is 0 Å². The maximum absolute atomic E-state index is 12.9. The van der Waals surface area contributed by atoms with Crippen LogP contribution in [0.25, 0.3) is 0 Å². The second-order valence-electron chi connectivity index (χ2n) is 9.72. The number of amides is 3. The molecule has 0 aliphatic carbocycles. The minimum absolute atomic E-state index is 0. The zero-order valence-corrected chi connectivity index (χ0v) is 21.9. The maximum atomic E-state index is 12.9. The summed E-state index contributed by atoms with van der Waals surface area (Å²) in [5.74, 6) is 0.691. The Bertz CT molecular complexity index is 793. The summed E-state index contributed by atoms with van der Waals surface area (Å²) in [4.78, 5) is 40.1. The van der Waals surface area contributed by atoms with E-state index in [0.717, 1.165) is 17.7 Å². The van der Waals surface area contributed by atoms with Gasteiger partial charge in [-0.3, -0.25) is 14.4 Å². The van der Waals surface area contributed by atoms with Gasteiger partial charge in [0.2, 0.25) is 11.8 Å². The van der Waals surface area contributed by atoms with E-state index in [1.165, 1.54) is 0 Å². The molecule has 0 unspecified atom stereocenters. The van der Waals surface area contributed by atoms with Gasteiger partial charge in [0, 0.05) is 32.0 Å². The van der Waals surface area contributed by atoms with Crippen LogP contribution in [0, 0.1) is 17.8 Å². The van der Waals surface area contributed by atoms with Crippen molar-refractivity contribution in [1.29, 1.82) is 0 Å². The van der Waals surface area contributed by atoms with Crippen molar-refractivity contribution < 1.29 is 37.3 Å². The first-order valence-corrected chi connectivity index (χ1v) is 11.9. The Morgan fingerprint density at radius 3 is 2.18 bits per heavy atom. The molecule has 0 radical (unpaired) electrons. The highest BCUT2D eigenvalue weighted by atomic mass is 35.5. The lowest BCUT2D eigenvalue weighted by atomic mass is 9.93. The quantitative estimate of drug-likeness (QED) is 0.360. The molecule has 5 N–H and O–H groups in total. The van der Waals surface area contributed by atoms with E-state index in [2.05, 4.69) is 30.2 Å². The molecule has 0 bridgehead atoms. The Morgan fingerprint density at radius 1 is 1.09 bits per heavy atom. The van der Waals surface area contributed by atoms with Crippen LogP contribution in [0.15, 0.2) is 24.3 Å². The molecule has 1 fully saturated rings. The fourth-order valence-corrected chi connectivity index (χ4v) is 4.14. The predicted molar refractivity (Wildman–Crippen MR) is 127 cm³/mol. The Hall–Kier alpha value is -2.32. The molecule has 1 aromatic carbocycles. The minimum Gasteiger partial charge on any atom is -1.00 e. The molecule has 192 valence electrons. The van der Waals surface area contributed by atoms with Crippen LogP contribution in [0.2, 0.25) is 0 Å². The summed E-state index contributed by atoms with van der Waals surface area (Å²) >= 11 is 0. The summed E-state index contributed by atoms with van der Waals surface area (Å²) in [6.07, 6.45) is 1.97. The Kier molecular flexibility index (Phi) is 12.4. The molecular formula is C25H41ClN4O4. The first kappa shape index (κ1) is 29.7. The molecule has 2 rings (SSSR count). The van der Waals surface area contributed by atoms with Gasteiger partial charge in [0.25, 0.3) is 5.91 Å². The molecule has 1 heterocycles. The zero-order chi connectivity index (χ0) is 24.5. The summed E-state index contributed by atoms with van der Waals surface area (Å²) in [6, 6.07) is 6.64. The molecular weight excluding hydrogens is 456 g/mol. The smallest absolute Gasteiger partial charge is 0.280 e. The Labute approximate surface area is 209 Å².